The summed E-state index contributed by atoms with van der Waals surface area (Å²) in [4.78, 5) is 11.2. The molecule has 3 fully saturated rings. The predicted molar refractivity (Wildman–Crippen MR) is 38.0 cm³/mol. The highest BCUT2D eigenvalue weighted by molar-refractivity contribution is 5.79. The first-order valence-corrected chi connectivity index (χ1v) is 3.83. The maximum absolute atomic E-state index is 11.2. The molecule has 0 aromatic carbocycles. The largest absolute Gasteiger partial charge is 0.469 e. The van der Waals surface area contributed by atoms with Crippen molar-refractivity contribution >= 4 is 5.97 Å². The molecule has 2 aliphatic heterocycles. The maximum Gasteiger partial charge on any atom is 0.314 e. The van der Waals surface area contributed by atoms with Crippen molar-refractivity contribution in [2.75, 3.05) is 13.7 Å². The van der Waals surface area contributed by atoms with E-state index in [1.807, 2.05) is 6.92 Å². The Kier molecular flexibility index (Phi) is 1.15. The Hall–Kier alpha value is -0.570. The fourth-order valence-corrected chi connectivity index (χ4v) is 2.32. The number of fused-ring (bicyclic) bond motifs is 1. The van der Waals surface area contributed by atoms with Crippen LogP contribution >= 0.6 is 0 Å². The minimum absolute atomic E-state index is 0.0197. The van der Waals surface area contributed by atoms with Gasteiger partial charge in [-0.05, 0) is 19.8 Å². The van der Waals surface area contributed by atoms with E-state index in [9.17, 15) is 4.79 Å². The van der Waals surface area contributed by atoms with Gasteiger partial charge in [-0.3, -0.25) is 4.79 Å². The number of methoxy groups -OCH3 is 1. The van der Waals surface area contributed by atoms with Crippen LogP contribution in [0.5, 0.6) is 0 Å². The molecule has 2 bridgehead atoms. The highest BCUT2D eigenvalue weighted by Crippen LogP contribution is 2.57. The van der Waals surface area contributed by atoms with Gasteiger partial charge < -0.3 is 9.47 Å². The second-order valence-corrected chi connectivity index (χ2v) is 3.86. The van der Waals surface area contributed by atoms with Crippen molar-refractivity contribution in [2.24, 2.45) is 5.41 Å². The summed E-state index contributed by atoms with van der Waals surface area (Å²) in [5.41, 5.74) is -0.294. The van der Waals surface area contributed by atoms with Crippen molar-refractivity contribution in [1.29, 1.82) is 0 Å². The van der Waals surface area contributed by atoms with Crippen LogP contribution < -0.4 is 0 Å². The first kappa shape index (κ1) is 7.10. The fourth-order valence-electron chi connectivity index (χ4n) is 2.32. The van der Waals surface area contributed by atoms with E-state index >= 15 is 0 Å². The minimum Gasteiger partial charge on any atom is -0.469 e. The Morgan fingerprint density at radius 2 is 2.18 bits per heavy atom. The topological polar surface area (TPSA) is 35.5 Å². The summed E-state index contributed by atoms with van der Waals surface area (Å²) in [6.07, 6.45) is 1.68. The molecule has 0 N–H and O–H groups in total. The molecule has 1 aliphatic carbocycles. The molecule has 62 valence electrons. The van der Waals surface area contributed by atoms with Crippen molar-refractivity contribution in [2.45, 2.75) is 25.4 Å². The number of hydrogen-bond donors (Lipinski definition) is 0. The summed E-state index contributed by atoms with van der Waals surface area (Å²) >= 11 is 0. The number of carbonyl (C=O) groups excluding carboxylic acids is 1. The molecule has 3 rings (SSSR count). The average molecular weight is 156 g/mol. The lowest BCUT2D eigenvalue weighted by Crippen LogP contribution is -2.47. The van der Waals surface area contributed by atoms with Gasteiger partial charge in [-0.25, -0.2) is 0 Å². The first-order chi connectivity index (χ1) is 5.10. The van der Waals surface area contributed by atoms with Gasteiger partial charge in [0.15, 0.2) is 0 Å². The van der Waals surface area contributed by atoms with Crippen molar-refractivity contribution in [1.82, 2.24) is 0 Å². The molecule has 2 saturated heterocycles. The molecule has 3 aliphatic rings. The third-order valence-electron chi connectivity index (χ3n) is 2.74. The Bertz CT molecular complexity index is 203. The first-order valence-electron chi connectivity index (χ1n) is 3.83. The number of esters is 1. The van der Waals surface area contributed by atoms with E-state index in [0.717, 1.165) is 12.8 Å². The molecule has 0 aromatic heterocycles. The lowest BCUT2D eigenvalue weighted by atomic mass is 9.63. The third-order valence-corrected chi connectivity index (χ3v) is 2.74. The zero-order valence-electron chi connectivity index (χ0n) is 6.85. The van der Waals surface area contributed by atoms with Gasteiger partial charge >= 0.3 is 5.97 Å². The van der Waals surface area contributed by atoms with Crippen LogP contribution in [0.3, 0.4) is 0 Å². The molecular weight excluding hydrogens is 144 g/mol. The summed E-state index contributed by atoms with van der Waals surface area (Å²) in [7, 11) is 1.44. The van der Waals surface area contributed by atoms with Gasteiger partial charge in [0.2, 0.25) is 0 Å². The second-order valence-electron chi connectivity index (χ2n) is 3.86. The van der Waals surface area contributed by atoms with Crippen LogP contribution in [0, 0.1) is 5.41 Å². The zero-order valence-corrected chi connectivity index (χ0v) is 6.85. The van der Waals surface area contributed by atoms with Crippen LogP contribution in [0.2, 0.25) is 0 Å². The Labute approximate surface area is 65.7 Å². The third kappa shape index (κ3) is 0.745. The van der Waals surface area contributed by atoms with Crippen LogP contribution in [0.1, 0.15) is 19.8 Å². The van der Waals surface area contributed by atoms with Crippen molar-refractivity contribution < 1.29 is 14.3 Å². The molecule has 11 heavy (non-hydrogen) atoms. The highest BCUT2D eigenvalue weighted by Gasteiger charge is 2.64. The predicted octanol–water partition coefficient (Wildman–Crippen LogP) is 0.728. The van der Waals surface area contributed by atoms with Gasteiger partial charge in [0.1, 0.15) is 0 Å². The summed E-state index contributed by atoms with van der Waals surface area (Å²) in [6.45, 7) is 2.59. The molecule has 3 nitrogen and oxygen atoms in total. The van der Waals surface area contributed by atoms with E-state index in [0.29, 0.717) is 6.61 Å². The SMILES string of the molecule is COC(=O)C12COC(C)(C1)C2. The summed E-state index contributed by atoms with van der Waals surface area (Å²) in [5.74, 6) is -0.104. The van der Waals surface area contributed by atoms with Crippen LogP contribution in [-0.4, -0.2) is 25.3 Å². The van der Waals surface area contributed by atoms with Crippen LogP contribution in [-0.2, 0) is 14.3 Å². The minimum atomic E-state index is -0.274. The molecule has 0 radical (unpaired) electrons. The molecule has 0 unspecified atom stereocenters. The van der Waals surface area contributed by atoms with Crippen molar-refractivity contribution in [3.63, 3.8) is 0 Å². The number of carbonyl (C=O) groups is 1. The van der Waals surface area contributed by atoms with E-state index in [1.54, 1.807) is 0 Å². The van der Waals surface area contributed by atoms with E-state index in [1.165, 1.54) is 7.11 Å². The van der Waals surface area contributed by atoms with Crippen LogP contribution in [0.15, 0.2) is 0 Å². The maximum atomic E-state index is 11.2. The highest BCUT2D eigenvalue weighted by atomic mass is 16.5. The molecule has 1 saturated carbocycles. The molecule has 2 heterocycles. The second kappa shape index (κ2) is 1.78. The van der Waals surface area contributed by atoms with Gasteiger partial charge in [0, 0.05) is 0 Å². The fraction of sp³-hybridized carbons (Fsp3) is 0.875. The normalized spacial score (nSPS) is 46.7. The number of hydrogen-bond acceptors (Lipinski definition) is 3. The summed E-state index contributed by atoms with van der Waals surface area (Å²) in [6, 6.07) is 0. The number of ether oxygens (including phenoxy) is 2. The zero-order chi connectivity index (χ0) is 8.11. The van der Waals surface area contributed by atoms with Gasteiger partial charge in [-0.15, -0.1) is 0 Å². The quantitative estimate of drug-likeness (QED) is 0.525. The smallest absolute Gasteiger partial charge is 0.314 e. The number of rotatable bonds is 1. The molecule has 0 aromatic rings. The van der Waals surface area contributed by atoms with Gasteiger partial charge in [0.05, 0.1) is 24.7 Å². The van der Waals surface area contributed by atoms with Crippen LogP contribution in [0.4, 0.5) is 0 Å². The summed E-state index contributed by atoms with van der Waals surface area (Å²) < 4.78 is 10.1. The lowest BCUT2D eigenvalue weighted by Gasteiger charge is -2.39. The van der Waals surface area contributed by atoms with Gasteiger partial charge in [-0.2, -0.15) is 0 Å². The van der Waals surface area contributed by atoms with Gasteiger partial charge in [-0.1, -0.05) is 0 Å². The molecule has 0 amide bonds. The van der Waals surface area contributed by atoms with Gasteiger partial charge in [0.25, 0.3) is 0 Å². The molecule has 0 spiro atoms. The summed E-state index contributed by atoms with van der Waals surface area (Å²) in [5, 5.41) is 0. The standard InChI is InChI=1S/C8H12O3/c1-7-3-8(4-7,5-11-7)6(9)10-2/h3-5H2,1-2H3. The Morgan fingerprint density at radius 3 is 2.55 bits per heavy atom. The van der Waals surface area contributed by atoms with Crippen molar-refractivity contribution in [3.05, 3.63) is 0 Å². The Balaban J connectivity index is 2.13. The van der Waals surface area contributed by atoms with E-state index in [2.05, 4.69) is 0 Å². The Morgan fingerprint density at radius 1 is 1.55 bits per heavy atom. The van der Waals surface area contributed by atoms with Crippen molar-refractivity contribution in [3.8, 4) is 0 Å². The monoisotopic (exact) mass is 156 g/mol. The lowest BCUT2D eigenvalue weighted by molar-refractivity contribution is -0.157. The molecule has 3 heteroatoms. The average Bonchev–Trinajstić information content (AvgIpc) is 2.40. The molecular formula is C8H12O3. The van der Waals surface area contributed by atoms with E-state index < -0.39 is 0 Å². The molecule has 0 atom stereocenters. The van der Waals surface area contributed by atoms with E-state index in [-0.39, 0.29) is 17.0 Å². The van der Waals surface area contributed by atoms with Crippen LogP contribution in [0.25, 0.3) is 0 Å². The van der Waals surface area contributed by atoms with E-state index in [4.69, 9.17) is 9.47 Å².